The van der Waals surface area contributed by atoms with E-state index in [0.717, 1.165) is 19.0 Å². The molecule has 0 aliphatic rings. The monoisotopic (exact) mass is 484 g/mol. The fourth-order valence-corrected chi connectivity index (χ4v) is 3.20. The molecule has 0 aliphatic heterocycles. The number of halogens is 1. The van der Waals surface area contributed by atoms with E-state index in [2.05, 4.69) is 34.7 Å². The summed E-state index contributed by atoms with van der Waals surface area (Å²) < 4.78 is 24.8. The maximum absolute atomic E-state index is 11.4. The first-order valence-electron chi connectivity index (χ1n) is 8.31. The standard InChI is InChI=1S/C17H32N4O2S.HI/c1-7-18-16(21(5)13-15-9-8-11-20(15)4)19-14-17(2,3)10-12-24(6,22)23;/h8-9,11H,7,10,12-14H2,1-6H3,(H,18,19);1H. The molecule has 25 heavy (non-hydrogen) atoms. The van der Waals surface area contributed by atoms with E-state index in [1.807, 2.05) is 33.3 Å². The second kappa shape index (κ2) is 10.4. The van der Waals surface area contributed by atoms with Gasteiger partial charge in [-0.25, -0.2) is 8.42 Å². The van der Waals surface area contributed by atoms with Crippen LogP contribution < -0.4 is 5.32 Å². The highest BCUT2D eigenvalue weighted by atomic mass is 127. The fraction of sp³-hybridized carbons (Fsp3) is 0.706. The van der Waals surface area contributed by atoms with Gasteiger partial charge in [0.1, 0.15) is 9.84 Å². The number of rotatable bonds is 8. The molecule has 0 aromatic carbocycles. The van der Waals surface area contributed by atoms with Crippen LogP contribution in [0.2, 0.25) is 0 Å². The van der Waals surface area contributed by atoms with E-state index >= 15 is 0 Å². The third-order valence-electron chi connectivity index (χ3n) is 3.95. The molecule has 0 saturated heterocycles. The molecule has 0 spiro atoms. The van der Waals surface area contributed by atoms with E-state index in [1.54, 1.807) is 0 Å². The molecule has 1 aromatic rings. The van der Waals surface area contributed by atoms with Crippen LogP contribution in [0.5, 0.6) is 0 Å². The van der Waals surface area contributed by atoms with E-state index in [1.165, 1.54) is 11.9 Å². The Hall–Kier alpha value is -0.770. The Morgan fingerprint density at radius 2 is 2.04 bits per heavy atom. The first kappa shape index (κ1) is 24.2. The second-order valence-corrected chi connectivity index (χ2v) is 9.44. The number of sulfone groups is 1. The van der Waals surface area contributed by atoms with Crippen molar-refractivity contribution < 1.29 is 8.42 Å². The average molecular weight is 484 g/mol. The topological polar surface area (TPSA) is 66.7 Å². The van der Waals surface area contributed by atoms with Gasteiger partial charge in [0.05, 0.1) is 12.3 Å². The van der Waals surface area contributed by atoms with Crippen LogP contribution >= 0.6 is 24.0 Å². The zero-order chi connectivity index (χ0) is 18.4. The first-order valence-corrected chi connectivity index (χ1v) is 10.4. The minimum Gasteiger partial charge on any atom is -0.357 e. The highest BCUT2D eigenvalue weighted by Gasteiger charge is 2.20. The Morgan fingerprint density at radius 1 is 1.40 bits per heavy atom. The van der Waals surface area contributed by atoms with Gasteiger partial charge in [-0.15, -0.1) is 24.0 Å². The molecule has 0 aliphatic carbocycles. The zero-order valence-corrected chi connectivity index (χ0v) is 19.4. The lowest BCUT2D eigenvalue weighted by Gasteiger charge is -2.26. The van der Waals surface area contributed by atoms with E-state index in [-0.39, 0.29) is 35.1 Å². The molecule has 0 fully saturated rings. The van der Waals surface area contributed by atoms with Crippen molar-refractivity contribution >= 4 is 39.8 Å². The van der Waals surface area contributed by atoms with Gasteiger partial charge in [0.15, 0.2) is 5.96 Å². The molecule has 0 amide bonds. The number of aliphatic imine (C=N–C) groups is 1. The lowest BCUT2D eigenvalue weighted by molar-refractivity contribution is 0.361. The summed E-state index contributed by atoms with van der Waals surface area (Å²) in [5.41, 5.74) is 1.05. The summed E-state index contributed by atoms with van der Waals surface area (Å²) >= 11 is 0. The number of hydrogen-bond donors (Lipinski definition) is 1. The average Bonchev–Trinajstić information content (AvgIpc) is 2.86. The SMILES string of the molecule is CCNC(=NCC(C)(C)CCS(C)(=O)=O)N(C)Cc1cccn1C.I. The fourth-order valence-electron chi connectivity index (χ4n) is 2.28. The quantitative estimate of drug-likeness (QED) is 0.350. The Morgan fingerprint density at radius 3 is 2.52 bits per heavy atom. The zero-order valence-electron chi connectivity index (χ0n) is 16.2. The largest absolute Gasteiger partial charge is 0.357 e. The van der Waals surface area contributed by atoms with Crippen molar-refractivity contribution in [1.29, 1.82) is 0 Å². The van der Waals surface area contributed by atoms with Crippen molar-refractivity contribution in [2.45, 2.75) is 33.7 Å². The molecule has 8 heteroatoms. The molecule has 1 N–H and O–H groups in total. The van der Waals surface area contributed by atoms with Crippen LogP contribution in [0.4, 0.5) is 0 Å². The van der Waals surface area contributed by atoms with Gasteiger partial charge in [-0.05, 0) is 30.9 Å². The van der Waals surface area contributed by atoms with Crippen molar-refractivity contribution in [2.24, 2.45) is 17.5 Å². The minimum absolute atomic E-state index is 0. The normalized spacial score (nSPS) is 12.6. The van der Waals surface area contributed by atoms with Gasteiger partial charge in [-0.2, -0.15) is 0 Å². The maximum atomic E-state index is 11.4. The van der Waals surface area contributed by atoms with E-state index < -0.39 is 9.84 Å². The van der Waals surface area contributed by atoms with Gasteiger partial charge in [0.25, 0.3) is 0 Å². The van der Waals surface area contributed by atoms with Crippen molar-refractivity contribution in [2.75, 3.05) is 32.1 Å². The van der Waals surface area contributed by atoms with Gasteiger partial charge >= 0.3 is 0 Å². The summed E-state index contributed by atoms with van der Waals surface area (Å²) in [5.74, 6) is 1.04. The van der Waals surface area contributed by atoms with Gasteiger partial charge in [-0.3, -0.25) is 4.99 Å². The van der Waals surface area contributed by atoms with Crippen LogP contribution in [0.25, 0.3) is 0 Å². The number of hydrogen-bond acceptors (Lipinski definition) is 3. The lowest BCUT2D eigenvalue weighted by Crippen LogP contribution is -2.39. The Labute approximate surface area is 170 Å². The number of nitrogens with one attached hydrogen (secondary N) is 1. The van der Waals surface area contributed by atoms with Crippen LogP contribution in [0.15, 0.2) is 23.3 Å². The van der Waals surface area contributed by atoms with E-state index in [0.29, 0.717) is 13.0 Å². The molecule has 1 rings (SSSR count). The molecule has 0 radical (unpaired) electrons. The van der Waals surface area contributed by atoms with Crippen LogP contribution in [0.3, 0.4) is 0 Å². The summed E-state index contributed by atoms with van der Waals surface area (Å²) in [6, 6.07) is 4.12. The molecule has 0 bridgehead atoms. The number of guanidine groups is 1. The summed E-state index contributed by atoms with van der Waals surface area (Å²) in [6.07, 6.45) is 3.92. The molecule has 6 nitrogen and oxygen atoms in total. The molecular weight excluding hydrogens is 451 g/mol. The Balaban J connectivity index is 0.00000576. The Kier molecular flexibility index (Phi) is 10.1. The maximum Gasteiger partial charge on any atom is 0.194 e. The number of aryl methyl sites for hydroxylation is 1. The van der Waals surface area contributed by atoms with Crippen LogP contribution in [-0.2, 0) is 23.4 Å². The highest BCUT2D eigenvalue weighted by Crippen LogP contribution is 2.21. The molecular formula is C17H33IN4O2S. The minimum atomic E-state index is -2.94. The first-order chi connectivity index (χ1) is 11.0. The molecule has 1 heterocycles. The number of aromatic nitrogens is 1. The van der Waals surface area contributed by atoms with Crippen LogP contribution in [0, 0.1) is 5.41 Å². The predicted octanol–water partition coefficient (Wildman–Crippen LogP) is 2.50. The molecule has 1 aromatic heterocycles. The lowest BCUT2D eigenvalue weighted by atomic mass is 9.90. The summed E-state index contributed by atoms with van der Waals surface area (Å²) in [5, 5.41) is 3.31. The van der Waals surface area contributed by atoms with Gasteiger partial charge < -0.3 is 14.8 Å². The molecule has 0 atom stereocenters. The number of nitrogens with zero attached hydrogens (tertiary/aromatic N) is 3. The molecule has 0 unspecified atom stereocenters. The predicted molar refractivity (Wildman–Crippen MR) is 116 cm³/mol. The second-order valence-electron chi connectivity index (χ2n) is 7.18. The Bertz CT molecular complexity index is 653. The molecule has 146 valence electrons. The summed E-state index contributed by atoms with van der Waals surface area (Å²) in [7, 11) is 1.10. The summed E-state index contributed by atoms with van der Waals surface area (Å²) in [6.45, 7) is 8.30. The van der Waals surface area contributed by atoms with Gasteiger partial charge in [0.2, 0.25) is 0 Å². The van der Waals surface area contributed by atoms with E-state index in [4.69, 9.17) is 4.99 Å². The highest BCUT2D eigenvalue weighted by molar-refractivity contribution is 14.0. The van der Waals surface area contributed by atoms with Crippen LogP contribution in [-0.4, -0.2) is 56.0 Å². The van der Waals surface area contributed by atoms with Crippen molar-refractivity contribution in [3.8, 4) is 0 Å². The van der Waals surface area contributed by atoms with Gasteiger partial charge in [0, 0.05) is 45.3 Å². The van der Waals surface area contributed by atoms with E-state index in [9.17, 15) is 8.42 Å². The van der Waals surface area contributed by atoms with Crippen molar-refractivity contribution in [3.05, 3.63) is 24.0 Å². The smallest absolute Gasteiger partial charge is 0.194 e. The third kappa shape index (κ3) is 9.48. The van der Waals surface area contributed by atoms with Crippen molar-refractivity contribution in [1.82, 2.24) is 14.8 Å². The third-order valence-corrected chi connectivity index (χ3v) is 4.90. The van der Waals surface area contributed by atoms with Gasteiger partial charge in [-0.1, -0.05) is 13.8 Å². The van der Waals surface area contributed by atoms with Crippen LogP contribution in [0.1, 0.15) is 32.9 Å². The summed E-state index contributed by atoms with van der Waals surface area (Å²) in [4.78, 5) is 6.81. The van der Waals surface area contributed by atoms with Crippen molar-refractivity contribution in [3.63, 3.8) is 0 Å². The molecule has 0 saturated carbocycles.